The summed E-state index contributed by atoms with van der Waals surface area (Å²) in [5.74, 6) is 0.0349. The lowest BCUT2D eigenvalue weighted by Crippen LogP contribution is -2.55. The Labute approximate surface area is 167 Å². The summed E-state index contributed by atoms with van der Waals surface area (Å²) in [6.07, 6.45) is 3.00. The Morgan fingerprint density at radius 3 is 2.25 bits per heavy atom. The molecule has 2 rings (SSSR count). The summed E-state index contributed by atoms with van der Waals surface area (Å²) in [5, 5.41) is 1.39. The van der Waals surface area contributed by atoms with Crippen LogP contribution in [-0.2, 0) is 11.2 Å². The van der Waals surface area contributed by atoms with Crippen LogP contribution in [0.15, 0.2) is 54.6 Å². The van der Waals surface area contributed by atoms with E-state index in [9.17, 15) is 9.59 Å². The number of para-hydroxylation sites is 1. The van der Waals surface area contributed by atoms with Crippen molar-refractivity contribution in [3.05, 3.63) is 65.7 Å². The van der Waals surface area contributed by atoms with E-state index in [1.165, 1.54) is 17.7 Å². The standard InChI is InChI=1S/C23H30N2O3/c1-23(2,3)25(22(27)19-15-9-10-16-20(19)28-4)24-21(26)17-11-8-14-18-12-6-5-7-13-18/h5-7,9-10,12-13,15-16H,8,11,14,17H2,1-4H3,(H,24,26). The monoisotopic (exact) mass is 382 g/mol. The van der Waals surface area contributed by atoms with Gasteiger partial charge in [-0.15, -0.1) is 0 Å². The highest BCUT2D eigenvalue weighted by Gasteiger charge is 2.30. The molecule has 2 aromatic carbocycles. The molecule has 0 saturated carbocycles. The maximum Gasteiger partial charge on any atom is 0.276 e. The third-order valence-corrected chi connectivity index (χ3v) is 4.41. The molecule has 0 atom stereocenters. The van der Waals surface area contributed by atoms with E-state index in [0.29, 0.717) is 17.7 Å². The minimum Gasteiger partial charge on any atom is -0.496 e. The van der Waals surface area contributed by atoms with E-state index >= 15 is 0 Å². The van der Waals surface area contributed by atoms with Crippen molar-refractivity contribution in [2.45, 2.75) is 52.0 Å². The normalized spacial score (nSPS) is 11.0. The van der Waals surface area contributed by atoms with Gasteiger partial charge >= 0.3 is 0 Å². The molecule has 2 aromatic rings. The number of hydrazine groups is 1. The van der Waals surface area contributed by atoms with E-state index in [4.69, 9.17) is 4.74 Å². The minimum absolute atomic E-state index is 0.161. The van der Waals surface area contributed by atoms with Crippen molar-refractivity contribution in [1.82, 2.24) is 10.4 Å². The van der Waals surface area contributed by atoms with Gasteiger partial charge in [0.05, 0.1) is 18.2 Å². The zero-order valence-electron chi connectivity index (χ0n) is 17.2. The number of aryl methyl sites for hydroxylation is 1. The number of unbranched alkanes of at least 4 members (excludes halogenated alkanes) is 1. The van der Waals surface area contributed by atoms with Crippen LogP contribution in [0.2, 0.25) is 0 Å². The molecule has 0 saturated heterocycles. The number of benzene rings is 2. The second kappa shape index (κ2) is 9.93. The Balaban J connectivity index is 1.96. The predicted octanol–water partition coefficient (Wildman–Crippen LogP) is 4.38. The van der Waals surface area contributed by atoms with Gasteiger partial charge in [0.1, 0.15) is 5.75 Å². The van der Waals surface area contributed by atoms with E-state index in [1.807, 2.05) is 45.0 Å². The Hall–Kier alpha value is -2.82. The second-order valence-corrected chi connectivity index (χ2v) is 7.74. The molecule has 0 bridgehead atoms. The highest BCUT2D eigenvalue weighted by molar-refractivity contribution is 5.98. The number of nitrogens with one attached hydrogen (secondary N) is 1. The lowest BCUT2D eigenvalue weighted by Gasteiger charge is -2.35. The highest BCUT2D eigenvalue weighted by Crippen LogP contribution is 2.22. The molecule has 0 spiro atoms. The van der Waals surface area contributed by atoms with E-state index in [-0.39, 0.29) is 11.8 Å². The Morgan fingerprint density at radius 1 is 0.964 bits per heavy atom. The lowest BCUT2D eigenvalue weighted by atomic mass is 10.1. The van der Waals surface area contributed by atoms with Gasteiger partial charge in [0.25, 0.3) is 5.91 Å². The van der Waals surface area contributed by atoms with Gasteiger partial charge in [-0.2, -0.15) is 0 Å². The fourth-order valence-corrected chi connectivity index (χ4v) is 2.90. The van der Waals surface area contributed by atoms with Crippen LogP contribution in [0, 0.1) is 0 Å². The van der Waals surface area contributed by atoms with Crippen LogP contribution in [0.25, 0.3) is 0 Å². The van der Waals surface area contributed by atoms with Crippen molar-refractivity contribution in [2.24, 2.45) is 0 Å². The number of amides is 2. The van der Waals surface area contributed by atoms with Crippen molar-refractivity contribution in [3.63, 3.8) is 0 Å². The summed E-state index contributed by atoms with van der Waals surface area (Å²) in [6.45, 7) is 5.65. The van der Waals surface area contributed by atoms with Crippen molar-refractivity contribution >= 4 is 11.8 Å². The number of rotatable bonds is 7. The number of carbonyl (C=O) groups is 2. The Morgan fingerprint density at radius 2 is 1.61 bits per heavy atom. The molecule has 0 aromatic heterocycles. The van der Waals surface area contributed by atoms with E-state index in [0.717, 1.165) is 19.3 Å². The third kappa shape index (κ3) is 6.12. The van der Waals surface area contributed by atoms with Crippen molar-refractivity contribution in [1.29, 1.82) is 0 Å². The van der Waals surface area contributed by atoms with Crippen LogP contribution in [-0.4, -0.2) is 29.5 Å². The molecule has 28 heavy (non-hydrogen) atoms. The fraction of sp³-hybridized carbons (Fsp3) is 0.391. The first kappa shape index (κ1) is 21.5. The summed E-state index contributed by atoms with van der Waals surface area (Å²) in [6, 6.07) is 17.2. The fourth-order valence-electron chi connectivity index (χ4n) is 2.90. The Kier molecular flexibility index (Phi) is 7.61. The zero-order valence-corrected chi connectivity index (χ0v) is 17.2. The van der Waals surface area contributed by atoms with E-state index < -0.39 is 5.54 Å². The SMILES string of the molecule is COc1ccccc1C(=O)N(NC(=O)CCCCc1ccccc1)C(C)(C)C. The average Bonchev–Trinajstić information content (AvgIpc) is 2.69. The van der Waals surface area contributed by atoms with Crippen LogP contribution in [0.4, 0.5) is 0 Å². The molecular formula is C23H30N2O3. The van der Waals surface area contributed by atoms with Crippen LogP contribution in [0.3, 0.4) is 0 Å². The Bertz CT molecular complexity index is 782. The van der Waals surface area contributed by atoms with Gasteiger partial charge in [-0.1, -0.05) is 42.5 Å². The lowest BCUT2D eigenvalue weighted by molar-refractivity contribution is -0.127. The van der Waals surface area contributed by atoms with Crippen LogP contribution in [0.1, 0.15) is 56.0 Å². The second-order valence-electron chi connectivity index (χ2n) is 7.74. The smallest absolute Gasteiger partial charge is 0.276 e. The molecule has 0 unspecified atom stereocenters. The minimum atomic E-state index is -0.572. The number of hydrogen-bond acceptors (Lipinski definition) is 3. The molecule has 0 heterocycles. The molecule has 150 valence electrons. The summed E-state index contributed by atoms with van der Waals surface area (Å²) < 4.78 is 5.30. The molecule has 1 N–H and O–H groups in total. The van der Waals surface area contributed by atoms with Crippen molar-refractivity contribution in [2.75, 3.05) is 7.11 Å². The molecule has 0 radical (unpaired) electrons. The van der Waals surface area contributed by atoms with Gasteiger partial charge in [0, 0.05) is 6.42 Å². The molecule has 0 aliphatic carbocycles. The topological polar surface area (TPSA) is 58.6 Å². The number of hydrogen-bond donors (Lipinski definition) is 1. The van der Waals surface area contributed by atoms with Crippen molar-refractivity contribution < 1.29 is 14.3 Å². The number of methoxy groups -OCH3 is 1. The average molecular weight is 383 g/mol. The maximum absolute atomic E-state index is 13.1. The number of carbonyl (C=O) groups excluding carboxylic acids is 2. The molecule has 0 aliphatic rings. The van der Waals surface area contributed by atoms with Gasteiger partial charge in [0.15, 0.2) is 0 Å². The number of ether oxygens (including phenoxy) is 1. The summed E-state index contributed by atoms with van der Waals surface area (Å²) in [4.78, 5) is 25.5. The van der Waals surface area contributed by atoms with Gasteiger partial charge in [-0.25, -0.2) is 5.01 Å². The van der Waals surface area contributed by atoms with Crippen LogP contribution < -0.4 is 10.2 Å². The van der Waals surface area contributed by atoms with E-state index in [2.05, 4.69) is 17.6 Å². The third-order valence-electron chi connectivity index (χ3n) is 4.41. The summed E-state index contributed by atoms with van der Waals surface area (Å²) in [7, 11) is 1.53. The molecular weight excluding hydrogens is 352 g/mol. The molecule has 5 nitrogen and oxygen atoms in total. The number of nitrogens with zero attached hydrogens (tertiary/aromatic N) is 1. The first-order valence-electron chi connectivity index (χ1n) is 9.64. The quantitative estimate of drug-likeness (QED) is 0.571. The van der Waals surface area contributed by atoms with Gasteiger partial charge in [-0.3, -0.25) is 15.0 Å². The van der Waals surface area contributed by atoms with Gasteiger partial charge in [-0.05, 0) is 57.7 Å². The predicted molar refractivity (Wildman–Crippen MR) is 111 cm³/mol. The summed E-state index contributed by atoms with van der Waals surface area (Å²) >= 11 is 0. The molecule has 0 fully saturated rings. The van der Waals surface area contributed by atoms with Crippen LogP contribution >= 0.6 is 0 Å². The first-order chi connectivity index (χ1) is 13.3. The molecule has 2 amide bonds. The maximum atomic E-state index is 13.1. The van der Waals surface area contributed by atoms with Gasteiger partial charge < -0.3 is 4.74 Å². The highest BCUT2D eigenvalue weighted by atomic mass is 16.5. The summed E-state index contributed by atoms with van der Waals surface area (Å²) in [5.41, 5.74) is 3.91. The molecule has 5 heteroatoms. The largest absolute Gasteiger partial charge is 0.496 e. The van der Waals surface area contributed by atoms with E-state index in [1.54, 1.807) is 18.2 Å². The molecule has 0 aliphatic heterocycles. The van der Waals surface area contributed by atoms with Gasteiger partial charge in [0.2, 0.25) is 5.91 Å². The van der Waals surface area contributed by atoms with Crippen molar-refractivity contribution in [3.8, 4) is 5.75 Å². The zero-order chi connectivity index (χ0) is 20.6. The first-order valence-corrected chi connectivity index (χ1v) is 9.64. The van der Waals surface area contributed by atoms with Crippen LogP contribution in [0.5, 0.6) is 5.75 Å².